The van der Waals surface area contributed by atoms with Gasteiger partial charge in [-0.25, -0.2) is 24.7 Å². The summed E-state index contributed by atoms with van der Waals surface area (Å²) in [5.74, 6) is 5.10. The highest BCUT2D eigenvalue weighted by Gasteiger charge is 2.31. The summed E-state index contributed by atoms with van der Waals surface area (Å²) in [4.78, 5) is 85.5. The molecule has 0 atom stereocenters. The van der Waals surface area contributed by atoms with Gasteiger partial charge in [0.1, 0.15) is 84.6 Å². The van der Waals surface area contributed by atoms with Gasteiger partial charge in [0, 0.05) is 95.1 Å². The van der Waals surface area contributed by atoms with Gasteiger partial charge in [-0.1, -0.05) is 85.4 Å². The number of amides is 1. The maximum Gasteiger partial charge on any atom is 0.410 e. The Morgan fingerprint density at radius 2 is 0.962 bits per heavy atom. The van der Waals surface area contributed by atoms with Gasteiger partial charge in [-0.05, 0) is 193 Å². The lowest BCUT2D eigenvalue weighted by molar-refractivity contribution is 0.0268. The number of hydrogen-bond donors (Lipinski definition) is 0. The molecule has 692 valence electrons. The van der Waals surface area contributed by atoms with Crippen molar-refractivity contribution in [2.24, 2.45) is 0 Å². The summed E-state index contributed by atoms with van der Waals surface area (Å²) in [7, 11) is 7.72. The lowest BCUT2D eigenvalue weighted by Gasteiger charge is -2.33. The predicted octanol–water partition coefficient (Wildman–Crippen LogP) is 19.4. The summed E-state index contributed by atoms with van der Waals surface area (Å²) >= 11 is 0. The highest BCUT2D eigenvalue weighted by atomic mass is 16.6. The third-order valence-electron chi connectivity index (χ3n) is 21.3. The summed E-state index contributed by atoms with van der Waals surface area (Å²) in [6.07, 6.45) is 18.2. The van der Waals surface area contributed by atoms with Gasteiger partial charge in [-0.15, -0.1) is 0 Å². The number of carbonyl (C=O) groups excluding carboxylic acids is 5. The third-order valence-corrected chi connectivity index (χ3v) is 21.3. The molecule has 0 bridgehead atoms. The first-order chi connectivity index (χ1) is 64.5. The Labute approximate surface area is 775 Å². The number of pyridine rings is 6. The van der Waals surface area contributed by atoms with Crippen molar-refractivity contribution in [2.75, 3.05) is 94.9 Å². The SMILES string of the molecule is C=Cc1nc(C)ccc1OCC1=C(c2ccnn2C(C)C)COCC1.COc1cc(C=O)c(OCC2=C(c3ccnn3C(C)C)CN(C(=O)OC(C)(C)C)CC2)cn1.COc1cc(C=O)c(OCc2cccnc2-c2ccccc2OC)cn1.COc1cccc(-c2ncccc2COc2cnc(OC)cc2C=O)c1.Cc1cccc(OCC2=C(c3ccccc3)COCC2)c1C=O. The summed E-state index contributed by atoms with van der Waals surface area (Å²) in [6.45, 7) is 26.9. The zero-order chi connectivity index (χ0) is 94.8. The summed E-state index contributed by atoms with van der Waals surface area (Å²) in [6, 6.07) is 51.7. The van der Waals surface area contributed by atoms with Gasteiger partial charge in [-0.2, -0.15) is 10.2 Å². The van der Waals surface area contributed by atoms with Crippen LogP contribution in [-0.2, 0) is 27.4 Å². The first kappa shape index (κ1) is 98.6. The van der Waals surface area contributed by atoms with E-state index in [1.54, 1.807) is 43.8 Å². The van der Waals surface area contributed by atoms with Gasteiger partial charge in [0.2, 0.25) is 17.6 Å². The standard InChI is InChI=1S/C24H32N4O5.C20H25N3O2.2C20H18N2O4.C20H20O3/c1-16(2)28-20(7-9-26-28)19-13-27(23(30)33-24(3,4)5)10-8-17(19)15-32-21-12-25-22(31-6)11-18(21)14-29;1-5-18-20(7-6-15(4)22-18)25-12-16-9-11-24-13-17(16)19-8-10-21-23(19)14(2)3;1-24-17-7-3-5-14(9-17)20-15(6-4-8-21-20)13-26-18-11-22-19(25-2)10-16(18)12-23;1-24-17-8-4-3-7-16(17)20-14(6-5-9-21-20)13-26-18-11-22-19(25-2)10-15(18)12-23;1-15-6-5-9-20(18(15)12-21)23-13-17-10-11-22-14-19(17)16-7-3-2-4-8-16/h7,9,11-12,14,16H,8,10,13,15H2,1-6H3;5-8,10,14H,1,9,11-13H2,2-4H3;2*3-12H,13H2,1-2H3;2-9,12H,10-11,13-14H2,1H3. The van der Waals surface area contributed by atoms with E-state index in [2.05, 4.69) is 86.5 Å². The molecule has 0 fully saturated rings. The number of aryl methyl sites for hydroxylation is 2. The Morgan fingerprint density at radius 1 is 0.466 bits per heavy atom. The molecule has 15 rings (SSSR count). The van der Waals surface area contributed by atoms with Crippen LogP contribution in [0.2, 0.25) is 0 Å². The maximum absolute atomic E-state index is 12.7. The van der Waals surface area contributed by atoms with Crippen molar-refractivity contribution in [1.29, 1.82) is 0 Å². The molecule has 8 aromatic heterocycles. The van der Waals surface area contributed by atoms with E-state index in [9.17, 15) is 24.0 Å². The molecular formula is C104H113N11O18. The van der Waals surface area contributed by atoms with E-state index in [1.807, 2.05) is 184 Å². The van der Waals surface area contributed by atoms with Gasteiger partial charge in [0.25, 0.3) is 0 Å². The summed E-state index contributed by atoms with van der Waals surface area (Å²) in [5, 5.41) is 8.90. The Hall–Kier alpha value is -15.0. The molecule has 3 aliphatic rings. The lowest BCUT2D eigenvalue weighted by atomic mass is 9.97. The number of para-hydroxylation sites is 1. The number of aromatic nitrogens is 10. The second-order valence-corrected chi connectivity index (χ2v) is 32.1. The molecule has 11 heterocycles. The first-order valence-corrected chi connectivity index (χ1v) is 43.3. The molecule has 29 heteroatoms. The second kappa shape index (κ2) is 49.2. The van der Waals surface area contributed by atoms with Crippen LogP contribution in [0.1, 0.15) is 166 Å². The number of nitrogens with zero attached hydrogens (tertiary/aromatic N) is 11. The predicted molar refractivity (Wildman–Crippen MR) is 507 cm³/mol. The Kier molecular flexibility index (Phi) is 36.5. The normalized spacial score (nSPS) is 12.9. The molecule has 12 aromatic rings. The fourth-order valence-corrected chi connectivity index (χ4v) is 14.5. The Bertz CT molecular complexity index is 6060. The van der Waals surface area contributed by atoms with Crippen molar-refractivity contribution >= 4 is 54.0 Å². The van der Waals surface area contributed by atoms with Crippen LogP contribution in [0.15, 0.2) is 230 Å². The largest absolute Gasteiger partial charge is 0.497 e. The average Bonchev–Trinajstić information content (AvgIpc) is 1.67. The molecule has 0 N–H and O–H groups in total. The van der Waals surface area contributed by atoms with E-state index in [4.69, 9.17) is 61.6 Å². The molecule has 0 radical (unpaired) electrons. The number of ether oxygens (including phenoxy) is 13. The molecule has 0 spiro atoms. The van der Waals surface area contributed by atoms with Crippen LogP contribution < -0.4 is 47.4 Å². The number of carbonyl (C=O) groups is 5. The zero-order valence-corrected chi connectivity index (χ0v) is 77.5. The molecule has 3 aliphatic heterocycles. The van der Waals surface area contributed by atoms with E-state index in [0.717, 1.165) is 116 Å². The Balaban J connectivity index is 0.000000161. The van der Waals surface area contributed by atoms with Crippen molar-refractivity contribution in [2.45, 2.75) is 112 Å². The van der Waals surface area contributed by atoms with Crippen LogP contribution in [0, 0.1) is 13.8 Å². The van der Waals surface area contributed by atoms with Crippen LogP contribution in [0.4, 0.5) is 4.79 Å². The van der Waals surface area contributed by atoms with Crippen molar-refractivity contribution in [1.82, 2.24) is 54.4 Å². The molecule has 0 saturated heterocycles. The van der Waals surface area contributed by atoms with E-state index < -0.39 is 5.60 Å². The van der Waals surface area contributed by atoms with E-state index >= 15 is 0 Å². The minimum Gasteiger partial charge on any atom is -0.497 e. The first-order valence-electron chi connectivity index (χ1n) is 43.3. The van der Waals surface area contributed by atoms with Gasteiger partial charge < -0.3 is 66.5 Å². The second-order valence-electron chi connectivity index (χ2n) is 32.1. The van der Waals surface area contributed by atoms with Gasteiger partial charge >= 0.3 is 6.09 Å². The van der Waals surface area contributed by atoms with Crippen LogP contribution in [0.25, 0.3) is 45.3 Å². The van der Waals surface area contributed by atoms with Crippen LogP contribution in [-0.4, -0.2) is 186 Å². The van der Waals surface area contributed by atoms with Crippen LogP contribution in [0.5, 0.6) is 57.9 Å². The van der Waals surface area contributed by atoms with Crippen LogP contribution in [0.3, 0.4) is 0 Å². The number of rotatable bonds is 32. The topological polar surface area (TPSA) is 322 Å². The zero-order valence-electron chi connectivity index (χ0n) is 77.5. The lowest BCUT2D eigenvalue weighted by Crippen LogP contribution is -2.41. The fraction of sp³-hybridized carbons (Fsp3) is 0.298. The monoisotopic (exact) mass is 1800 g/mol. The van der Waals surface area contributed by atoms with E-state index in [1.165, 1.54) is 86.0 Å². The average molecular weight is 1810 g/mol. The Morgan fingerprint density at radius 3 is 1.50 bits per heavy atom. The van der Waals surface area contributed by atoms with Crippen molar-refractivity contribution < 1.29 is 85.6 Å². The molecular weight excluding hydrogens is 1690 g/mol. The third kappa shape index (κ3) is 27.1. The fourth-order valence-electron chi connectivity index (χ4n) is 14.5. The number of methoxy groups -OCH3 is 5. The minimum atomic E-state index is -0.573. The van der Waals surface area contributed by atoms with Gasteiger partial charge in [-0.3, -0.25) is 38.5 Å². The highest BCUT2D eigenvalue weighted by Crippen LogP contribution is 2.37. The quantitative estimate of drug-likeness (QED) is 0.0354. The van der Waals surface area contributed by atoms with Crippen LogP contribution >= 0.6 is 0 Å². The van der Waals surface area contributed by atoms with Gasteiger partial charge in [0.05, 0.1) is 132 Å². The molecule has 29 nitrogen and oxygen atoms in total. The smallest absolute Gasteiger partial charge is 0.410 e. The van der Waals surface area contributed by atoms with E-state index in [-0.39, 0.29) is 32.0 Å². The summed E-state index contributed by atoms with van der Waals surface area (Å²) in [5.41, 5.74) is 19.0. The maximum atomic E-state index is 12.7. The highest BCUT2D eigenvalue weighted by molar-refractivity contribution is 5.83. The minimum absolute atomic E-state index is 0.147. The summed E-state index contributed by atoms with van der Waals surface area (Å²) < 4.78 is 76.4. The molecule has 0 aliphatic carbocycles. The number of aldehydes is 4. The van der Waals surface area contributed by atoms with Gasteiger partial charge in [0.15, 0.2) is 25.1 Å². The molecule has 0 saturated carbocycles. The molecule has 0 unspecified atom stereocenters. The van der Waals surface area contributed by atoms with Crippen molar-refractivity contribution in [3.05, 3.63) is 298 Å². The molecule has 1 amide bonds. The molecule has 133 heavy (non-hydrogen) atoms. The van der Waals surface area contributed by atoms with Crippen molar-refractivity contribution in [3.8, 4) is 80.4 Å². The number of hydrogen-bond acceptors (Lipinski definition) is 26. The van der Waals surface area contributed by atoms with Crippen molar-refractivity contribution in [3.63, 3.8) is 0 Å². The number of benzene rings is 4. The van der Waals surface area contributed by atoms with E-state index in [0.29, 0.717) is 140 Å². The molecule has 4 aromatic carbocycles.